The third-order valence-corrected chi connectivity index (χ3v) is 2.59. The second kappa shape index (κ2) is 6.97. The standard InChI is InChI=1S/C14H21NO2/c1-4-11(2)10-17-14-9-12(7-8-15)5-6-13(14)16-3/h5-6,9H,2,4,7-8,10,15H2,1,3H3. The minimum absolute atomic E-state index is 0.527. The lowest BCUT2D eigenvalue weighted by molar-refractivity contribution is 0.317. The van der Waals surface area contributed by atoms with Crippen molar-refractivity contribution in [2.45, 2.75) is 19.8 Å². The van der Waals surface area contributed by atoms with Gasteiger partial charge in [0.1, 0.15) is 6.61 Å². The molecule has 0 saturated heterocycles. The molecule has 3 heteroatoms. The van der Waals surface area contributed by atoms with Crippen molar-refractivity contribution in [3.63, 3.8) is 0 Å². The van der Waals surface area contributed by atoms with Crippen LogP contribution in [0.1, 0.15) is 18.9 Å². The molecule has 0 aliphatic carbocycles. The Hall–Kier alpha value is -1.48. The fourth-order valence-corrected chi connectivity index (χ4v) is 1.44. The van der Waals surface area contributed by atoms with Crippen molar-refractivity contribution in [1.29, 1.82) is 0 Å². The molecule has 0 aliphatic heterocycles. The van der Waals surface area contributed by atoms with Crippen LogP contribution in [0.25, 0.3) is 0 Å². The average molecular weight is 235 g/mol. The van der Waals surface area contributed by atoms with Crippen molar-refractivity contribution in [1.82, 2.24) is 0 Å². The Labute approximate surface area is 103 Å². The van der Waals surface area contributed by atoms with Crippen LogP contribution in [0.2, 0.25) is 0 Å². The molecule has 17 heavy (non-hydrogen) atoms. The number of hydrogen-bond acceptors (Lipinski definition) is 3. The van der Waals surface area contributed by atoms with Gasteiger partial charge in [0.2, 0.25) is 0 Å². The van der Waals surface area contributed by atoms with Crippen molar-refractivity contribution in [2.24, 2.45) is 5.73 Å². The fraction of sp³-hybridized carbons (Fsp3) is 0.429. The van der Waals surface area contributed by atoms with Crippen LogP contribution in [-0.4, -0.2) is 20.3 Å². The Balaban J connectivity index is 2.78. The predicted molar refractivity (Wildman–Crippen MR) is 70.7 cm³/mol. The normalized spacial score (nSPS) is 10.1. The summed E-state index contributed by atoms with van der Waals surface area (Å²) in [5, 5.41) is 0. The fourth-order valence-electron chi connectivity index (χ4n) is 1.44. The highest BCUT2D eigenvalue weighted by atomic mass is 16.5. The molecule has 1 aromatic carbocycles. The summed E-state index contributed by atoms with van der Waals surface area (Å²) in [6, 6.07) is 5.90. The molecule has 0 aromatic heterocycles. The first-order chi connectivity index (χ1) is 8.21. The first kappa shape index (κ1) is 13.6. The Morgan fingerprint density at radius 3 is 2.71 bits per heavy atom. The molecular weight excluding hydrogens is 214 g/mol. The minimum atomic E-state index is 0.527. The summed E-state index contributed by atoms with van der Waals surface area (Å²) < 4.78 is 11.0. The summed E-state index contributed by atoms with van der Waals surface area (Å²) in [6.45, 7) is 7.14. The second-order valence-electron chi connectivity index (χ2n) is 3.92. The summed E-state index contributed by atoms with van der Waals surface area (Å²) in [4.78, 5) is 0. The van der Waals surface area contributed by atoms with Gasteiger partial charge in [-0.15, -0.1) is 0 Å². The van der Waals surface area contributed by atoms with Crippen LogP contribution in [0.3, 0.4) is 0 Å². The number of ether oxygens (including phenoxy) is 2. The zero-order chi connectivity index (χ0) is 12.7. The van der Waals surface area contributed by atoms with Crippen molar-refractivity contribution >= 4 is 0 Å². The van der Waals surface area contributed by atoms with Gasteiger partial charge < -0.3 is 15.2 Å². The molecule has 0 heterocycles. The van der Waals surface area contributed by atoms with Crippen molar-refractivity contribution in [3.05, 3.63) is 35.9 Å². The Bertz CT molecular complexity index is 374. The van der Waals surface area contributed by atoms with Crippen LogP contribution in [0, 0.1) is 0 Å². The first-order valence-corrected chi connectivity index (χ1v) is 5.87. The average Bonchev–Trinajstić information content (AvgIpc) is 2.36. The zero-order valence-corrected chi connectivity index (χ0v) is 10.7. The quantitative estimate of drug-likeness (QED) is 0.739. The van der Waals surface area contributed by atoms with Gasteiger partial charge in [-0.25, -0.2) is 0 Å². The van der Waals surface area contributed by atoms with Gasteiger partial charge in [-0.05, 0) is 42.7 Å². The molecule has 0 bridgehead atoms. The molecule has 0 unspecified atom stereocenters. The monoisotopic (exact) mass is 235 g/mol. The van der Waals surface area contributed by atoms with Crippen molar-refractivity contribution in [3.8, 4) is 11.5 Å². The van der Waals surface area contributed by atoms with Crippen LogP contribution in [0.5, 0.6) is 11.5 Å². The largest absolute Gasteiger partial charge is 0.493 e. The summed E-state index contributed by atoms with van der Waals surface area (Å²) in [7, 11) is 1.64. The van der Waals surface area contributed by atoms with E-state index >= 15 is 0 Å². The molecule has 0 atom stereocenters. The highest BCUT2D eigenvalue weighted by molar-refractivity contribution is 5.43. The molecule has 0 spiro atoms. The molecular formula is C14H21NO2. The third kappa shape index (κ3) is 4.11. The number of methoxy groups -OCH3 is 1. The molecule has 2 N–H and O–H groups in total. The van der Waals surface area contributed by atoms with Gasteiger partial charge in [0.15, 0.2) is 11.5 Å². The molecule has 0 radical (unpaired) electrons. The van der Waals surface area contributed by atoms with E-state index < -0.39 is 0 Å². The third-order valence-electron chi connectivity index (χ3n) is 2.59. The molecule has 1 aromatic rings. The van der Waals surface area contributed by atoms with E-state index in [4.69, 9.17) is 15.2 Å². The van der Waals surface area contributed by atoms with E-state index in [1.54, 1.807) is 7.11 Å². The van der Waals surface area contributed by atoms with E-state index in [-0.39, 0.29) is 0 Å². The molecule has 0 aliphatic rings. The summed E-state index contributed by atoms with van der Waals surface area (Å²) in [5.74, 6) is 1.50. The van der Waals surface area contributed by atoms with E-state index in [0.717, 1.165) is 35.5 Å². The number of benzene rings is 1. The van der Waals surface area contributed by atoms with Gasteiger partial charge in [0.25, 0.3) is 0 Å². The van der Waals surface area contributed by atoms with Crippen LogP contribution in [-0.2, 0) is 6.42 Å². The highest BCUT2D eigenvalue weighted by Crippen LogP contribution is 2.28. The topological polar surface area (TPSA) is 44.5 Å². The maximum atomic E-state index is 5.70. The van der Waals surface area contributed by atoms with Crippen molar-refractivity contribution < 1.29 is 9.47 Å². The molecule has 94 valence electrons. The van der Waals surface area contributed by atoms with Gasteiger partial charge in [0.05, 0.1) is 7.11 Å². The predicted octanol–water partition coefficient (Wildman–Crippen LogP) is 2.54. The molecule has 3 nitrogen and oxygen atoms in total. The number of rotatable bonds is 7. The minimum Gasteiger partial charge on any atom is -0.493 e. The van der Waals surface area contributed by atoms with Crippen LogP contribution in [0.4, 0.5) is 0 Å². The van der Waals surface area contributed by atoms with Gasteiger partial charge in [-0.3, -0.25) is 0 Å². The van der Waals surface area contributed by atoms with E-state index in [1.807, 2.05) is 18.2 Å². The van der Waals surface area contributed by atoms with E-state index in [1.165, 1.54) is 0 Å². The molecule has 0 saturated carbocycles. The smallest absolute Gasteiger partial charge is 0.161 e. The summed E-state index contributed by atoms with van der Waals surface area (Å²) >= 11 is 0. The molecule has 0 fully saturated rings. The van der Waals surface area contributed by atoms with Gasteiger partial charge in [0, 0.05) is 0 Å². The van der Waals surface area contributed by atoms with Crippen LogP contribution < -0.4 is 15.2 Å². The van der Waals surface area contributed by atoms with E-state index in [0.29, 0.717) is 13.2 Å². The van der Waals surface area contributed by atoms with E-state index in [2.05, 4.69) is 13.5 Å². The lowest BCUT2D eigenvalue weighted by Crippen LogP contribution is -2.05. The molecule has 0 amide bonds. The highest BCUT2D eigenvalue weighted by Gasteiger charge is 2.06. The number of hydrogen-bond donors (Lipinski definition) is 1. The van der Waals surface area contributed by atoms with Gasteiger partial charge in [-0.2, -0.15) is 0 Å². The van der Waals surface area contributed by atoms with Gasteiger partial charge >= 0.3 is 0 Å². The Morgan fingerprint density at radius 2 is 2.12 bits per heavy atom. The van der Waals surface area contributed by atoms with E-state index in [9.17, 15) is 0 Å². The number of nitrogens with two attached hydrogens (primary N) is 1. The van der Waals surface area contributed by atoms with Crippen molar-refractivity contribution in [2.75, 3.05) is 20.3 Å². The second-order valence-corrected chi connectivity index (χ2v) is 3.92. The lowest BCUT2D eigenvalue weighted by Gasteiger charge is -2.12. The van der Waals surface area contributed by atoms with Crippen LogP contribution in [0.15, 0.2) is 30.4 Å². The zero-order valence-electron chi connectivity index (χ0n) is 10.7. The maximum Gasteiger partial charge on any atom is 0.161 e. The summed E-state index contributed by atoms with van der Waals surface area (Å²) in [5.41, 5.74) is 7.76. The molecule has 1 rings (SSSR count). The maximum absolute atomic E-state index is 5.70. The summed E-state index contributed by atoms with van der Waals surface area (Å²) in [6.07, 6.45) is 1.76. The van der Waals surface area contributed by atoms with Gasteiger partial charge in [-0.1, -0.05) is 19.6 Å². The van der Waals surface area contributed by atoms with Crippen LogP contribution >= 0.6 is 0 Å². The first-order valence-electron chi connectivity index (χ1n) is 5.87. The SMILES string of the molecule is C=C(CC)COc1cc(CCN)ccc1OC. The Morgan fingerprint density at radius 1 is 1.35 bits per heavy atom. The lowest BCUT2D eigenvalue weighted by atomic mass is 10.1. The Kier molecular flexibility index (Phi) is 5.57.